The third-order valence-electron chi connectivity index (χ3n) is 6.53. The van der Waals surface area contributed by atoms with Crippen molar-refractivity contribution in [3.05, 3.63) is 64.8 Å². The van der Waals surface area contributed by atoms with Crippen molar-refractivity contribution < 1.29 is 0 Å². The fourth-order valence-corrected chi connectivity index (χ4v) is 4.61. The van der Waals surface area contributed by atoms with Crippen LogP contribution in [0.5, 0.6) is 0 Å². The van der Waals surface area contributed by atoms with E-state index in [2.05, 4.69) is 51.9 Å². The second kappa shape index (κ2) is 7.77. The molecule has 0 spiro atoms. The van der Waals surface area contributed by atoms with Crippen molar-refractivity contribution in [2.45, 2.75) is 32.4 Å². The number of aryl methyl sites for hydroxylation is 1. The summed E-state index contributed by atoms with van der Waals surface area (Å²) in [5, 5.41) is 6.99. The van der Waals surface area contributed by atoms with Crippen LogP contribution in [0.4, 0.5) is 0 Å². The van der Waals surface area contributed by atoms with Crippen LogP contribution < -0.4 is 10.6 Å². The van der Waals surface area contributed by atoms with E-state index < -0.39 is 0 Å². The van der Waals surface area contributed by atoms with E-state index in [9.17, 15) is 4.79 Å². The van der Waals surface area contributed by atoms with Crippen molar-refractivity contribution in [1.82, 2.24) is 29.3 Å². The summed E-state index contributed by atoms with van der Waals surface area (Å²) < 4.78 is 1.65. The highest BCUT2D eigenvalue weighted by molar-refractivity contribution is 5.75. The summed E-state index contributed by atoms with van der Waals surface area (Å²) in [6.45, 7) is 7.20. The minimum atomic E-state index is -0.0165. The first-order valence-electron chi connectivity index (χ1n) is 10.8. The third kappa shape index (κ3) is 3.46. The molecule has 4 heterocycles. The van der Waals surface area contributed by atoms with Gasteiger partial charge in [-0.05, 0) is 37.1 Å². The summed E-state index contributed by atoms with van der Waals surface area (Å²) in [7, 11) is 1.79. The zero-order valence-corrected chi connectivity index (χ0v) is 18.1. The molecule has 0 aliphatic carbocycles. The number of benzene rings is 1. The Morgan fingerprint density at radius 3 is 2.65 bits per heavy atom. The first-order valence-corrected chi connectivity index (χ1v) is 10.8. The van der Waals surface area contributed by atoms with E-state index in [4.69, 9.17) is 5.10 Å². The summed E-state index contributed by atoms with van der Waals surface area (Å²) in [5.74, 6) is 0. The predicted octanol–water partition coefficient (Wildman–Crippen LogP) is 2.47. The van der Waals surface area contributed by atoms with Gasteiger partial charge < -0.3 is 4.57 Å². The molecule has 0 amide bonds. The standard InChI is InChI=1S/C23H27N7O/c1-4-18-14-28(30-15-22-20(26-30)7-8-23(31)27(22)3)11-12-29(18)16(2)17-5-6-19-21(13-17)25-10-9-24-19/h5-10,13,15-16,18H,4,11-12,14H2,1-3H3/t16?,18-/m1/s1. The van der Waals surface area contributed by atoms with E-state index in [0.717, 1.165) is 48.1 Å². The number of pyridine rings is 1. The number of hydrogen-bond donors (Lipinski definition) is 0. The predicted molar refractivity (Wildman–Crippen MR) is 122 cm³/mol. The number of hydrogen-bond acceptors (Lipinski definition) is 6. The zero-order chi connectivity index (χ0) is 21.5. The first kappa shape index (κ1) is 19.7. The van der Waals surface area contributed by atoms with E-state index in [-0.39, 0.29) is 11.6 Å². The van der Waals surface area contributed by atoms with Crippen LogP contribution in [0.3, 0.4) is 0 Å². The lowest BCUT2D eigenvalue weighted by Gasteiger charge is -2.44. The van der Waals surface area contributed by atoms with Crippen molar-refractivity contribution in [3.8, 4) is 0 Å². The molecule has 8 nitrogen and oxygen atoms in total. The number of fused-ring (bicyclic) bond motifs is 2. The van der Waals surface area contributed by atoms with E-state index in [1.807, 2.05) is 11.0 Å². The summed E-state index contributed by atoms with van der Waals surface area (Å²) in [6, 6.07) is 10.4. The molecule has 1 fully saturated rings. The maximum atomic E-state index is 11.9. The average Bonchev–Trinajstić information content (AvgIpc) is 3.25. The second-order valence-electron chi connectivity index (χ2n) is 8.24. The van der Waals surface area contributed by atoms with Gasteiger partial charge in [0.05, 0.1) is 29.3 Å². The van der Waals surface area contributed by atoms with E-state index in [1.54, 1.807) is 36.1 Å². The molecule has 8 heteroatoms. The Kier molecular flexibility index (Phi) is 4.94. The van der Waals surface area contributed by atoms with Crippen LogP contribution in [0, 0.1) is 0 Å². The van der Waals surface area contributed by atoms with Crippen LogP contribution in [0.25, 0.3) is 22.1 Å². The average molecular weight is 418 g/mol. The van der Waals surface area contributed by atoms with Crippen LogP contribution >= 0.6 is 0 Å². The molecular weight excluding hydrogens is 390 g/mol. The molecule has 4 aromatic rings. The lowest BCUT2D eigenvalue weighted by molar-refractivity contribution is 0.111. The fraction of sp³-hybridized carbons (Fsp3) is 0.391. The van der Waals surface area contributed by atoms with Gasteiger partial charge in [-0.25, -0.2) is 0 Å². The van der Waals surface area contributed by atoms with Crippen LogP contribution in [0.1, 0.15) is 31.9 Å². The van der Waals surface area contributed by atoms with Crippen molar-refractivity contribution in [2.75, 3.05) is 24.6 Å². The summed E-state index contributed by atoms with van der Waals surface area (Å²) >= 11 is 0. The smallest absolute Gasteiger partial charge is 0.250 e. The SMILES string of the molecule is CC[C@@H]1CN(n2cc3c(ccc(=O)n3C)n2)CCN1C(C)c1ccc2nccnc2c1. The molecular formula is C23H27N7O. The maximum Gasteiger partial charge on any atom is 0.250 e. The minimum Gasteiger partial charge on any atom is -0.308 e. The molecule has 3 aromatic heterocycles. The van der Waals surface area contributed by atoms with Gasteiger partial charge in [0.1, 0.15) is 5.52 Å². The van der Waals surface area contributed by atoms with Crippen LogP contribution in [0.2, 0.25) is 0 Å². The zero-order valence-electron chi connectivity index (χ0n) is 18.1. The molecule has 5 rings (SSSR count). The quantitative estimate of drug-likeness (QED) is 0.508. The molecule has 0 bridgehead atoms. The van der Waals surface area contributed by atoms with E-state index in [1.165, 1.54) is 5.56 Å². The van der Waals surface area contributed by atoms with Crippen molar-refractivity contribution in [1.29, 1.82) is 0 Å². The largest absolute Gasteiger partial charge is 0.308 e. The molecule has 1 aliphatic rings. The summed E-state index contributed by atoms with van der Waals surface area (Å²) in [5.41, 5.74) is 4.80. The number of nitrogens with zero attached hydrogens (tertiary/aromatic N) is 7. The summed E-state index contributed by atoms with van der Waals surface area (Å²) in [4.78, 5) is 25.3. The van der Waals surface area contributed by atoms with Crippen molar-refractivity contribution in [2.24, 2.45) is 7.05 Å². The highest BCUT2D eigenvalue weighted by Gasteiger charge is 2.30. The Morgan fingerprint density at radius 1 is 1.06 bits per heavy atom. The Bertz CT molecular complexity index is 1290. The van der Waals surface area contributed by atoms with Gasteiger partial charge in [0.2, 0.25) is 0 Å². The molecule has 1 aliphatic heterocycles. The van der Waals surface area contributed by atoms with Gasteiger partial charge in [0, 0.05) is 50.7 Å². The van der Waals surface area contributed by atoms with E-state index >= 15 is 0 Å². The van der Waals surface area contributed by atoms with Gasteiger partial charge in [0.25, 0.3) is 5.56 Å². The minimum absolute atomic E-state index is 0.0165. The van der Waals surface area contributed by atoms with Crippen LogP contribution in [-0.4, -0.2) is 55.0 Å². The Balaban J connectivity index is 1.38. The van der Waals surface area contributed by atoms with Gasteiger partial charge in [0.15, 0.2) is 0 Å². The Labute approximate surface area is 180 Å². The molecule has 1 aromatic carbocycles. The lowest BCUT2D eigenvalue weighted by atomic mass is 10.0. The topological polar surface area (TPSA) is 72.1 Å². The summed E-state index contributed by atoms with van der Waals surface area (Å²) in [6.07, 6.45) is 6.49. The van der Waals surface area contributed by atoms with Gasteiger partial charge >= 0.3 is 0 Å². The number of piperazine rings is 1. The first-order chi connectivity index (χ1) is 15.0. The Morgan fingerprint density at radius 2 is 1.84 bits per heavy atom. The van der Waals surface area contributed by atoms with Crippen LogP contribution in [0.15, 0.2) is 53.7 Å². The third-order valence-corrected chi connectivity index (χ3v) is 6.53. The van der Waals surface area contributed by atoms with Crippen LogP contribution in [-0.2, 0) is 7.05 Å². The molecule has 0 saturated carbocycles. The Hall–Kier alpha value is -3.26. The maximum absolute atomic E-state index is 11.9. The number of rotatable bonds is 4. The molecule has 0 N–H and O–H groups in total. The van der Waals surface area contributed by atoms with Gasteiger partial charge in [-0.1, -0.05) is 13.0 Å². The lowest BCUT2D eigenvalue weighted by Crippen LogP contribution is -2.57. The monoisotopic (exact) mass is 417 g/mol. The van der Waals surface area contributed by atoms with E-state index in [0.29, 0.717) is 6.04 Å². The number of aromatic nitrogens is 5. The normalized spacial score (nSPS) is 18.7. The molecule has 1 unspecified atom stereocenters. The van der Waals surface area contributed by atoms with Gasteiger partial charge in [-0.3, -0.25) is 24.7 Å². The van der Waals surface area contributed by atoms with Crippen molar-refractivity contribution >= 4 is 22.1 Å². The van der Waals surface area contributed by atoms with Crippen molar-refractivity contribution in [3.63, 3.8) is 0 Å². The second-order valence-corrected chi connectivity index (χ2v) is 8.24. The fourth-order valence-electron chi connectivity index (χ4n) is 4.61. The van der Waals surface area contributed by atoms with Gasteiger partial charge in [-0.15, -0.1) is 0 Å². The highest BCUT2D eigenvalue weighted by Crippen LogP contribution is 2.28. The molecule has 2 atom stereocenters. The molecule has 1 saturated heterocycles. The molecule has 160 valence electrons. The molecule has 0 radical (unpaired) electrons. The molecule has 31 heavy (non-hydrogen) atoms. The highest BCUT2D eigenvalue weighted by atomic mass is 16.1. The van der Waals surface area contributed by atoms with Gasteiger partial charge in [-0.2, -0.15) is 9.89 Å².